The summed E-state index contributed by atoms with van der Waals surface area (Å²) in [5.41, 5.74) is 1.17. The Labute approximate surface area is 93.7 Å². The van der Waals surface area contributed by atoms with Crippen LogP contribution in [0.3, 0.4) is 0 Å². The van der Waals surface area contributed by atoms with Crippen molar-refractivity contribution in [1.29, 1.82) is 0 Å². The zero-order chi connectivity index (χ0) is 11.8. The summed E-state index contributed by atoms with van der Waals surface area (Å²) in [7, 11) is 0. The molecule has 0 radical (unpaired) electrons. The summed E-state index contributed by atoms with van der Waals surface area (Å²) in [6.45, 7) is 1.68. The molecule has 0 aliphatic carbocycles. The van der Waals surface area contributed by atoms with Crippen LogP contribution in [0.4, 0.5) is 0 Å². The molecule has 0 aromatic heterocycles. The standard InChI is InChI=1S/C11H13N3O2/c1-2-10(11(16)14-8-15)13-7-9-4-3-5-12-6-9/h2,5-8H,3-4H2,1H3,(H,14,15,16)/b10-2+,13-7?. The quantitative estimate of drug-likeness (QED) is 0.435. The van der Waals surface area contributed by atoms with Crippen molar-refractivity contribution < 1.29 is 9.59 Å². The first-order valence-corrected chi connectivity index (χ1v) is 4.93. The molecule has 1 aliphatic rings. The van der Waals surface area contributed by atoms with Gasteiger partial charge in [0, 0.05) is 18.6 Å². The molecule has 2 amide bonds. The van der Waals surface area contributed by atoms with Crippen LogP contribution in [0.15, 0.2) is 33.5 Å². The molecule has 0 aromatic carbocycles. The fourth-order valence-corrected chi connectivity index (χ4v) is 1.16. The molecule has 5 nitrogen and oxygen atoms in total. The number of carbonyl (C=O) groups is 2. The number of aliphatic imine (C=N–C) groups is 2. The molecule has 0 atom stereocenters. The second-order valence-electron chi connectivity index (χ2n) is 3.10. The van der Waals surface area contributed by atoms with E-state index in [4.69, 9.17) is 0 Å². The lowest BCUT2D eigenvalue weighted by Crippen LogP contribution is -2.22. The normalized spacial score (nSPS) is 16.1. The molecule has 1 heterocycles. The predicted octanol–water partition coefficient (Wildman–Crippen LogP) is 0.982. The van der Waals surface area contributed by atoms with Gasteiger partial charge in [0.15, 0.2) is 0 Å². The summed E-state index contributed by atoms with van der Waals surface area (Å²) in [5, 5.41) is 2.03. The molecular formula is C11H13N3O2. The van der Waals surface area contributed by atoms with Crippen LogP contribution >= 0.6 is 0 Å². The molecule has 1 N–H and O–H groups in total. The lowest BCUT2D eigenvalue weighted by atomic mass is 10.1. The fraction of sp³-hybridized carbons (Fsp3) is 0.273. The third kappa shape index (κ3) is 3.61. The summed E-state index contributed by atoms with van der Waals surface area (Å²) in [6, 6.07) is 0. The third-order valence-corrected chi connectivity index (χ3v) is 1.97. The van der Waals surface area contributed by atoms with E-state index in [1.165, 1.54) is 0 Å². The number of carbonyl (C=O) groups excluding carboxylic acids is 2. The fourth-order valence-electron chi connectivity index (χ4n) is 1.16. The number of nitrogens with one attached hydrogen (secondary N) is 1. The van der Waals surface area contributed by atoms with E-state index >= 15 is 0 Å². The van der Waals surface area contributed by atoms with Gasteiger partial charge < -0.3 is 0 Å². The van der Waals surface area contributed by atoms with Gasteiger partial charge in [0.25, 0.3) is 5.91 Å². The van der Waals surface area contributed by atoms with Crippen LogP contribution in [0, 0.1) is 0 Å². The second kappa shape index (κ2) is 6.44. The summed E-state index contributed by atoms with van der Waals surface area (Å²) in [5.74, 6) is -0.506. The molecular weight excluding hydrogens is 206 g/mol. The van der Waals surface area contributed by atoms with E-state index in [2.05, 4.69) is 9.98 Å². The molecule has 0 unspecified atom stereocenters. The Morgan fingerprint density at radius 2 is 2.44 bits per heavy atom. The molecule has 0 saturated carbocycles. The molecule has 0 bridgehead atoms. The Bertz CT molecular complexity index is 392. The van der Waals surface area contributed by atoms with Crippen molar-refractivity contribution in [2.45, 2.75) is 19.8 Å². The molecule has 0 aromatic rings. The van der Waals surface area contributed by atoms with Gasteiger partial charge in [-0.2, -0.15) is 0 Å². The van der Waals surface area contributed by atoms with Gasteiger partial charge in [0.1, 0.15) is 5.70 Å². The van der Waals surface area contributed by atoms with Crippen LogP contribution in [0.5, 0.6) is 0 Å². The van der Waals surface area contributed by atoms with Crippen molar-refractivity contribution >= 4 is 24.7 Å². The molecule has 1 aliphatic heterocycles. The average Bonchev–Trinajstić information content (AvgIpc) is 2.31. The average molecular weight is 219 g/mol. The summed E-state index contributed by atoms with van der Waals surface area (Å²) >= 11 is 0. The number of amides is 2. The first-order chi connectivity index (χ1) is 7.77. The smallest absolute Gasteiger partial charge is 0.275 e. The molecule has 0 fully saturated rings. The maximum atomic E-state index is 11.3. The van der Waals surface area contributed by atoms with Crippen LogP contribution in [0.25, 0.3) is 0 Å². The SMILES string of the molecule is C/C=C(/N=CC1=CN=CCC1)C(=O)NC=O. The van der Waals surface area contributed by atoms with Crippen molar-refractivity contribution in [3.63, 3.8) is 0 Å². The lowest BCUT2D eigenvalue weighted by Gasteiger charge is -2.02. The third-order valence-electron chi connectivity index (χ3n) is 1.97. The van der Waals surface area contributed by atoms with Gasteiger partial charge in [-0.3, -0.25) is 24.9 Å². The van der Waals surface area contributed by atoms with Crippen LogP contribution < -0.4 is 5.32 Å². The van der Waals surface area contributed by atoms with Crippen molar-refractivity contribution in [2.75, 3.05) is 0 Å². The summed E-state index contributed by atoms with van der Waals surface area (Å²) < 4.78 is 0. The Hall–Kier alpha value is -2.04. The van der Waals surface area contributed by atoms with Crippen LogP contribution in [0.1, 0.15) is 19.8 Å². The highest BCUT2D eigenvalue weighted by molar-refractivity contribution is 6.00. The van der Waals surface area contributed by atoms with E-state index in [9.17, 15) is 9.59 Å². The maximum Gasteiger partial charge on any atom is 0.275 e. The first kappa shape index (κ1) is 12.0. The molecule has 0 spiro atoms. The van der Waals surface area contributed by atoms with E-state index < -0.39 is 5.91 Å². The zero-order valence-corrected chi connectivity index (χ0v) is 9.01. The zero-order valence-electron chi connectivity index (χ0n) is 9.01. The summed E-state index contributed by atoms with van der Waals surface area (Å²) in [6.07, 6.45) is 8.75. The largest absolute Gasteiger partial charge is 0.294 e. The molecule has 0 saturated heterocycles. The van der Waals surface area contributed by atoms with Gasteiger partial charge in [0.05, 0.1) is 0 Å². The number of hydrogen-bond donors (Lipinski definition) is 1. The Morgan fingerprint density at radius 3 is 3.00 bits per heavy atom. The van der Waals surface area contributed by atoms with Crippen molar-refractivity contribution in [3.8, 4) is 0 Å². The number of allylic oxidation sites excluding steroid dienone is 2. The number of nitrogens with zero attached hydrogens (tertiary/aromatic N) is 2. The van der Waals surface area contributed by atoms with Gasteiger partial charge in [0.2, 0.25) is 6.41 Å². The monoisotopic (exact) mass is 219 g/mol. The van der Waals surface area contributed by atoms with Gasteiger partial charge in [-0.05, 0) is 25.3 Å². The Balaban J connectivity index is 2.66. The Kier molecular flexibility index (Phi) is 4.85. The van der Waals surface area contributed by atoms with E-state index in [-0.39, 0.29) is 5.70 Å². The Morgan fingerprint density at radius 1 is 1.62 bits per heavy atom. The number of rotatable bonds is 4. The highest BCUT2D eigenvalue weighted by Gasteiger charge is 2.05. The number of imide groups is 1. The van der Waals surface area contributed by atoms with E-state index in [1.54, 1.807) is 25.4 Å². The highest BCUT2D eigenvalue weighted by Crippen LogP contribution is 2.07. The van der Waals surface area contributed by atoms with Crippen molar-refractivity contribution in [1.82, 2.24) is 5.32 Å². The topological polar surface area (TPSA) is 70.9 Å². The van der Waals surface area contributed by atoms with Crippen molar-refractivity contribution in [3.05, 3.63) is 23.5 Å². The van der Waals surface area contributed by atoms with Gasteiger partial charge >= 0.3 is 0 Å². The van der Waals surface area contributed by atoms with Gasteiger partial charge in [-0.15, -0.1) is 0 Å². The minimum absolute atomic E-state index is 0.211. The van der Waals surface area contributed by atoms with Crippen LogP contribution in [-0.4, -0.2) is 24.7 Å². The van der Waals surface area contributed by atoms with E-state index in [1.807, 2.05) is 11.5 Å². The van der Waals surface area contributed by atoms with Gasteiger partial charge in [-0.1, -0.05) is 6.08 Å². The van der Waals surface area contributed by atoms with E-state index in [0.717, 1.165) is 18.4 Å². The molecule has 16 heavy (non-hydrogen) atoms. The second-order valence-corrected chi connectivity index (χ2v) is 3.10. The number of hydrogen-bond acceptors (Lipinski definition) is 4. The highest BCUT2D eigenvalue weighted by atomic mass is 16.2. The van der Waals surface area contributed by atoms with E-state index in [0.29, 0.717) is 6.41 Å². The minimum atomic E-state index is -0.506. The molecule has 1 rings (SSSR count). The lowest BCUT2D eigenvalue weighted by molar-refractivity contribution is -0.122. The first-order valence-electron chi connectivity index (χ1n) is 4.93. The van der Waals surface area contributed by atoms with Gasteiger partial charge in [-0.25, -0.2) is 0 Å². The molecule has 5 heteroatoms. The maximum absolute atomic E-state index is 11.3. The van der Waals surface area contributed by atoms with Crippen LogP contribution in [-0.2, 0) is 9.59 Å². The predicted molar refractivity (Wildman–Crippen MR) is 62.3 cm³/mol. The summed E-state index contributed by atoms with van der Waals surface area (Å²) in [4.78, 5) is 29.4. The van der Waals surface area contributed by atoms with Crippen LogP contribution in [0.2, 0.25) is 0 Å². The molecule has 84 valence electrons. The van der Waals surface area contributed by atoms with Crippen molar-refractivity contribution in [2.24, 2.45) is 9.98 Å². The minimum Gasteiger partial charge on any atom is -0.294 e.